The van der Waals surface area contributed by atoms with E-state index in [4.69, 9.17) is 0 Å². The first-order valence-corrected chi connectivity index (χ1v) is 7.55. The van der Waals surface area contributed by atoms with Gasteiger partial charge in [0.2, 0.25) is 0 Å². The zero-order valence-corrected chi connectivity index (χ0v) is 12.4. The highest BCUT2D eigenvalue weighted by Crippen LogP contribution is 2.22. The van der Waals surface area contributed by atoms with Crippen molar-refractivity contribution in [3.63, 3.8) is 0 Å². The van der Waals surface area contributed by atoms with Gasteiger partial charge in [-0.1, -0.05) is 31.0 Å². The van der Waals surface area contributed by atoms with E-state index in [0.29, 0.717) is 6.04 Å². The standard InChI is InChI=1S/C15H25NS/c1-5-6-14(4)16-9-10-17-15-8-7-12(2)11-13(15)3/h7-8,11,14,16H,5-6,9-10H2,1-4H3. The van der Waals surface area contributed by atoms with Crippen molar-refractivity contribution in [2.45, 2.75) is 51.5 Å². The third-order valence-electron chi connectivity index (χ3n) is 2.90. The van der Waals surface area contributed by atoms with Gasteiger partial charge in [0.1, 0.15) is 0 Å². The highest BCUT2D eigenvalue weighted by Gasteiger charge is 2.01. The van der Waals surface area contributed by atoms with E-state index in [1.165, 1.54) is 28.9 Å². The van der Waals surface area contributed by atoms with E-state index in [-0.39, 0.29) is 0 Å². The van der Waals surface area contributed by atoms with Gasteiger partial charge in [0.25, 0.3) is 0 Å². The Hall–Kier alpha value is -0.470. The fourth-order valence-corrected chi connectivity index (χ4v) is 2.85. The molecule has 0 aliphatic carbocycles. The van der Waals surface area contributed by atoms with Crippen LogP contribution in [-0.2, 0) is 0 Å². The largest absolute Gasteiger partial charge is 0.313 e. The molecule has 1 N–H and O–H groups in total. The Morgan fingerprint density at radius 3 is 2.71 bits per heavy atom. The molecule has 1 aromatic rings. The molecule has 0 heterocycles. The molecule has 0 fully saturated rings. The van der Waals surface area contributed by atoms with Gasteiger partial charge in [-0.05, 0) is 38.8 Å². The summed E-state index contributed by atoms with van der Waals surface area (Å²) in [4.78, 5) is 1.42. The summed E-state index contributed by atoms with van der Waals surface area (Å²) in [7, 11) is 0. The molecule has 0 spiro atoms. The van der Waals surface area contributed by atoms with Crippen molar-refractivity contribution < 1.29 is 0 Å². The molecule has 1 rings (SSSR count). The zero-order chi connectivity index (χ0) is 12.7. The second kappa shape index (κ2) is 7.78. The molecule has 96 valence electrons. The Morgan fingerprint density at radius 1 is 1.29 bits per heavy atom. The molecule has 0 aliphatic rings. The van der Waals surface area contributed by atoms with E-state index in [2.05, 4.69) is 51.2 Å². The lowest BCUT2D eigenvalue weighted by molar-refractivity contribution is 0.526. The van der Waals surface area contributed by atoms with Crippen molar-refractivity contribution in [3.05, 3.63) is 29.3 Å². The summed E-state index contributed by atoms with van der Waals surface area (Å²) < 4.78 is 0. The molecule has 0 amide bonds. The predicted octanol–water partition coefficient (Wildman–Crippen LogP) is 4.17. The molecule has 1 atom stereocenters. The van der Waals surface area contributed by atoms with Crippen LogP contribution >= 0.6 is 11.8 Å². The van der Waals surface area contributed by atoms with Gasteiger partial charge in [-0.15, -0.1) is 11.8 Å². The normalized spacial score (nSPS) is 12.7. The van der Waals surface area contributed by atoms with Crippen LogP contribution in [0.1, 0.15) is 37.8 Å². The molecule has 1 nitrogen and oxygen atoms in total. The zero-order valence-electron chi connectivity index (χ0n) is 11.5. The first-order chi connectivity index (χ1) is 8.13. The van der Waals surface area contributed by atoms with Gasteiger partial charge >= 0.3 is 0 Å². The van der Waals surface area contributed by atoms with Crippen molar-refractivity contribution >= 4 is 11.8 Å². The second-order valence-corrected chi connectivity index (χ2v) is 5.90. The van der Waals surface area contributed by atoms with E-state index >= 15 is 0 Å². The lowest BCUT2D eigenvalue weighted by Gasteiger charge is -2.12. The van der Waals surface area contributed by atoms with E-state index in [9.17, 15) is 0 Å². The molecule has 0 saturated heterocycles. The number of thioether (sulfide) groups is 1. The highest BCUT2D eigenvalue weighted by molar-refractivity contribution is 7.99. The van der Waals surface area contributed by atoms with Crippen LogP contribution in [0.5, 0.6) is 0 Å². The lowest BCUT2D eigenvalue weighted by atomic mass is 10.2. The van der Waals surface area contributed by atoms with Crippen LogP contribution in [-0.4, -0.2) is 18.3 Å². The first-order valence-electron chi connectivity index (χ1n) is 6.57. The van der Waals surface area contributed by atoms with Crippen LogP contribution in [0.3, 0.4) is 0 Å². The summed E-state index contributed by atoms with van der Waals surface area (Å²) in [5.41, 5.74) is 2.75. The molecule has 0 aliphatic heterocycles. The lowest BCUT2D eigenvalue weighted by Crippen LogP contribution is -2.27. The maximum absolute atomic E-state index is 3.56. The average Bonchev–Trinajstić information content (AvgIpc) is 2.27. The van der Waals surface area contributed by atoms with Gasteiger partial charge in [0.15, 0.2) is 0 Å². The van der Waals surface area contributed by atoms with Gasteiger partial charge in [0, 0.05) is 23.2 Å². The van der Waals surface area contributed by atoms with Crippen molar-refractivity contribution in [3.8, 4) is 0 Å². The van der Waals surface area contributed by atoms with Gasteiger partial charge in [-0.2, -0.15) is 0 Å². The quantitative estimate of drug-likeness (QED) is 0.576. The number of aryl methyl sites for hydroxylation is 2. The number of hydrogen-bond acceptors (Lipinski definition) is 2. The van der Waals surface area contributed by atoms with Crippen LogP contribution in [0.15, 0.2) is 23.1 Å². The summed E-state index contributed by atoms with van der Waals surface area (Å²) in [5.74, 6) is 1.15. The molecule has 0 saturated carbocycles. The Morgan fingerprint density at radius 2 is 2.06 bits per heavy atom. The van der Waals surface area contributed by atoms with E-state index in [1.807, 2.05) is 11.8 Å². The SMILES string of the molecule is CCCC(C)NCCSc1ccc(C)cc1C. The molecule has 0 aromatic heterocycles. The Labute approximate surface area is 110 Å². The number of nitrogens with one attached hydrogen (secondary N) is 1. The minimum absolute atomic E-state index is 0.653. The third-order valence-corrected chi connectivity index (χ3v) is 4.08. The molecule has 2 heteroatoms. The van der Waals surface area contributed by atoms with E-state index in [0.717, 1.165) is 12.3 Å². The summed E-state index contributed by atoms with van der Waals surface area (Å²) in [6, 6.07) is 7.35. The number of rotatable bonds is 7. The molecule has 1 aromatic carbocycles. The average molecular weight is 251 g/mol. The maximum Gasteiger partial charge on any atom is 0.0106 e. The van der Waals surface area contributed by atoms with Crippen LogP contribution in [0.4, 0.5) is 0 Å². The Kier molecular flexibility index (Phi) is 6.68. The number of benzene rings is 1. The van der Waals surface area contributed by atoms with Gasteiger partial charge in [0.05, 0.1) is 0 Å². The molecule has 1 unspecified atom stereocenters. The first kappa shape index (κ1) is 14.6. The van der Waals surface area contributed by atoms with Crippen molar-refractivity contribution in [2.75, 3.05) is 12.3 Å². The van der Waals surface area contributed by atoms with Gasteiger partial charge in [-0.25, -0.2) is 0 Å². The minimum atomic E-state index is 0.653. The summed E-state index contributed by atoms with van der Waals surface area (Å²) >= 11 is 1.95. The number of hydrogen-bond donors (Lipinski definition) is 1. The fourth-order valence-electron chi connectivity index (χ4n) is 1.96. The Balaban J connectivity index is 2.26. The topological polar surface area (TPSA) is 12.0 Å². The fraction of sp³-hybridized carbons (Fsp3) is 0.600. The highest BCUT2D eigenvalue weighted by atomic mass is 32.2. The molecule has 0 radical (unpaired) electrons. The smallest absolute Gasteiger partial charge is 0.0106 e. The molecular weight excluding hydrogens is 226 g/mol. The van der Waals surface area contributed by atoms with E-state index in [1.54, 1.807) is 0 Å². The molecular formula is C15H25NS. The summed E-state index contributed by atoms with van der Waals surface area (Å²) in [6.45, 7) is 9.95. The third kappa shape index (κ3) is 5.60. The summed E-state index contributed by atoms with van der Waals surface area (Å²) in [5, 5.41) is 3.56. The molecule has 17 heavy (non-hydrogen) atoms. The second-order valence-electron chi connectivity index (χ2n) is 4.76. The van der Waals surface area contributed by atoms with Crippen LogP contribution < -0.4 is 5.32 Å². The van der Waals surface area contributed by atoms with Crippen molar-refractivity contribution in [2.24, 2.45) is 0 Å². The monoisotopic (exact) mass is 251 g/mol. The Bertz CT molecular complexity index is 336. The van der Waals surface area contributed by atoms with Crippen LogP contribution in [0.25, 0.3) is 0 Å². The summed E-state index contributed by atoms with van der Waals surface area (Å²) in [6.07, 6.45) is 2.53. The van der Waals surface area contributed by atoms with E-state index < -0.39 is 0 Å². The van der Waals surface area contributed by atoms with Crippen molar-refractivity contribution in [1.29, 1.82) is 0 Å². The van der Waals surface area contributed by atoms with Crippen LogP contribution in [0.2, 0.25) is 0 Å². The maximum atomic E-state index is 3.56. The molecule has 0 bridgehead atoms. The minimum Gasteiger partial charge on any atom is -0.313 e. The van der Waals surface area contributed by atoms with Gasteiger partial charge in [-0.3, -0.25) is 0 Å². The van der Waals surface area contributed by atoms with Gasteiger partial charge < -0.3 is 5.32 Å². The van der Waals surface area contributed by atoms with Crippen LogP contribution in [0, 0.1) is 13.8 Å². The predicted molar refractivity (Wildman–Crippen MR) is 79.0 cm³/mol. The van der Waals surface area contributed by atoms with Crippen molar-refractivity contribution in [1.82, 2.24) is 5.32 Å².